The van der Waals surface area contributed by atoms with Gasteiger partial charge in [-0.25, -0.2) is 0 Å². The molecule has 5 nitrogen and oxygen atoms in total. The fraction of sp³-hybridized carbons (Fsp3) is 0.833. The molecule has 0 aromatic carbocycles. The standard InChI is InChI=1S/C6H12N2O3/c7-6(5(9)10)1-3-8(11)4-2-6/h11H,1-4,7H2,(H,9,10). The van der Waals surface area contributed by atoms with Crippen molar-refractivity contribution in [3.8, 4) is 0 Å². The molecule has 64 valence electrons. The van der Waals surface area contributed by atoms with Crippen LogP contribution in [0.4, 0.5) is 0 Å². The Hall–Kier alpha value is -0.650. The average molecular weight is 160 g/mol. The molecule has 0 unspecified atom stereocenters. The molecule has 0 amide bonds. The number of rotatable bonds is 1. The molecule has 0 spiro atoms. The molecule has 1 heterocycles. The van der Waals surface area contributed by atoms with E-state index in [1.54, 1.807) is 0 Å². The molecule has 0 atom stereocenters. The summed E-state index contributed by atoms with van der Waals surface area (Å²) in [6.07, 6.45) is 0.609. The Balaban J connectivity index is 2.55. The minimum Gasteiger partial charge on any atom is -0.480 e. The van der Waals surface area contributed by atoms with Gasteiger partial charge in [0.25, 0.3) is 0 Å². The fourth-order valence-corrected chi connectivity index (χ4v) is 1.11. The lowest BCUT2D eigenvalue weighted by Crippen LogP contribution is -2.55. The Morgan fingerprint density at radius 3 is 2.27 bits per heavy atom. The van der Waals surface area contributed by atoms with E-state index in [2.05, 4.69) is 0 Å². The zero-order valence-corrected chi connectivity index (χ0v) is 6.16. The molecule has 1 aliphatic rings. The second-order valence-corrected chi connectivity index (χ2v) is 2.91. The number of aliphatic carboxylic acids is 1. The van der Waals surface area contributed by atoms with Crippen molar-refractivity contribution in [3.05, 3.63) is 0 Å². The third-order valence-electron chi connectivity index (χ3n) is 2.06. The number of nitrogens with zero attached hydrogens (tertiary/aromatic N) is 1. The molecule has 4 N–H and O–H groups in total. The molecule has 0 aromatic heterocycles. The van der Waals surface area contributed by atoms with Gasteiger partial charge in [-0.2, -0.15) is 5.06 Å². The van der Waals surface area contributed by atoms with Crippen molar-refractivity contribution < 1.29 is 15.1 Å². The third-order valence-corrected chi connectivity index (χ3v) is 2.06. The number of piperidine rings is 1. The zero-order chi connectivity index (χ0) is 8.48. The molecule has 0 bridgehead atoms. The van der Waals surface area contributed by atoms with E-state index in [1.165, 1.54) is 0 Å². The Bertz CT molecular complexity index is 163. The van der Waals surface area contributed by atoms with Gasteiger partial charge in [-0.05, 0) is 12.8 Å². The van der Waals surface area contributed by atoms with Gasteiger partial charge < -0.3 is 16.0 Å². The quantitative estimate of drug-likeness (QED) is 0.470. The first-order valence-electron chi connectivity index (χ1n) is 3.51. The van der Waals surface area contributed by atoms with E-state index in [0.717, 1.165) is 5.06 Å². The number of carboxylic acid groups (broad SMARTS) is 1. The maximum absolute atomic E-state index is 10.6. The number of hydrogen-bond acceptors (Lipinski definition) is 4. The highest BCUT2D eigenvalue weighted by Crippen LogP contribution is 2.18. The van der Waals surface area contributed by atoms with E-state index in [1.807, 2.05) is 0 Å². The van der Waals surface area contributed by atoms with Crippen molar-refractivity contribution in [2.45, 2.75) is 18.4 Å². The van der Waals surface area contributed by atoms with Crippen LogP contribution >= 0.6 is 0 Å². The van der Waals surface area contributed by atoms with Crippen LogP contribution in [0.25, 0.3) is 0 Å². The lowest BCUT2D eigenvalue weighted by Gasteiger charge is -2.32. The van der Waals surface area contributed by atoms with Gasteiger partial charge in [0.2, 0.25) is 0 Å². The van der Waals surface area contributed by atoms with E-state index in [0.29, 0.717) is 25.9 Å². The lowest BCUT2D eigenvalue weighted by atomic mass is 9.90. The summed E-state index contributed by atoms with van der Waals surface area (Å²) in [6.45, 7) is 0.672. The minimum absolute atomic E-state index is 0.304. The van der Waals surface area contributed by atoms with E-state index in [-0.39, 0.29) is 0 Å². The monoisotopic (exact) mass is 160 g/mol. The maximum atomic E-state index is 10.6. The average Bonchev–Trinajstić information content (AvgIpc) is 1.95. The van der Waals surface area contributed by atoms with Crippen molar-refractivity contribution in [3.63, 3.8) is 0 Å². The molecule has 5 heteroatoms. The summed E-state index contributed by atoms with van der Waals surface area (Å²) in [4.78, 5) is 10.6. The van der Waals surface area contributed by atoms with Crippen molar-refractivity contribution in [1.29, 1.82) is 0 Å². The first-order valence-corrected chi connectivity index (χ1v) is 3.51. The summed E-state index contributed by atoms with van der Waals surface area (Å²) in [6, 6.07) is 0. The Labute approximate surface area is 64.4 Å². The minimum atomic E-state index is -1.13. The van der Waals surface area contributed by atoms with Crippen LogP contribution in [-0.4, -0.2) is 40.0 Å². The van der Waals surface area contributed by atoms with Crippen molar-refractivity contribution in [2.75, 3.05) is 13.1 Å². The largest absolute Gasteiger partial charge is 0.480 e. The van der Waals surface area contributed by atoms with E-state index >= 15 is 0 Å². The second-order valence-electron chi connectivity index (χ2n) is 2.91. The van der Waals surface area contributed by atoms with E-state index in [9.17, 15) is 4.79 Å². The van der Waals surface area contributed by atoms with Crippen molar-refractivity contribution in [1.82, 2.24) is 5.06 Å². The van der Waals surface area contributed by atoms with Crippen LogP contribution in [0.2, 0.25) is 0 Å². The van der Waals surface area contributed by atoms with Gasteiger partial charge in [0, 0.05) is 13.1 Å². The highest BCUT2D eigenvalue weighted by atomic mass is 16.5. The summed E-state index contributed by atoms with van der Waals surface area (Å²) in [7, 11) is 0. The number of carbonyl (C=O) groups is 1. The highest BCUT2D eigenvalue weighted by Gasteiger charge is 2.37. The van der Waals surface area contributed by atoms with Crippen molar-refractivity contribution >= 4 is 5.97 Å². The molecule has 0 aliphatic carbocycles. The van der Waals surface area contributed by atoms with Crippen LogP contribution in [0.1, 0.15) is 12.8 Å². The summed E-state index contributed by atoms with van der Waals surface area (Å²) in [5, 5.41) is 18.7. The predicted molar refractivity (Wildman–Crippen MR) is 37.1 cm³/mol. The van der Waals surface area contributed by atoms with Crippen LogP contribution < -0.4 is 5.73 Å². The number of hydroxylamine groups is 2. The van der Waals surface area contributed by atoms with Gasteiger partial charge in [-0.3, -0.25) is 4.79 Å². The third kappa shape index (κ3) is 1.68. The van der Waals surface area contributed by atoms with Gasteiger partial charge in [-0.15, -0.1) is 0 Å². The highest BCUT2D eigenvalue weighted by molar-refractivity contribution is 5.78. The number of hydrogen-bond donors (Lipinski definition) is 3. The SMILES string of the molecule is NC1(C(=O)O)CCN(O)CC1. The molecular weight excluding hydrogens is 148 g/mol. The van der Waals surface area contributed by atoms with Gasteiger partial charge in [-0.1, -0.05) is 0 Å². The number of nitrogens with two attached hydrogens (primary N) is 1. The second kappa shape index (κ2) is 2.77. The van der Waals surface area contributed by atoms with E-state index in [4.69, 9.17) is 16.0 Å². The Morgan fingerprint density at radius 1 is 1.45 bits per heavy atom. The molecule has 0 radical (unpaired) electrons. The number of carboxylic acids is 1. The summed E-state index contributed by atoms with van der Waals surface area (Å²) < 4.78 is 0. The van der Waals surface area contributed by atoms with Gasteiger partial charge >= 0.3 is 5.97 Å². The molecular formula is C6H12N2O3. The lowest BCUT2D eigenvalue weighted by molar-refractivity contribution is -0.153. The molecule has 0 aromatic rings. The van der Waals surface area contributed by atoms with Gasteiger partial charge in [0.1, 0.15) is 5.54 Å². The first kappa shape index (κ1) is 8.45. The van der Waals surface area contributed by atoms with Crippen LogP contribution in [0, 0.1) is 0 Å². The molecule has 1 fully saturated rings. The van der Waals surface area contributed by atoms with Crippen LogP contribution in [0.15, 0.2) is 0 Å². The molecule has 11 heavy (non-hydrogen) atoms. The molecule has 1 aliphatic heterocycles. The Kier molecular flexibility index (Phi) is 2.12. The normalized spacial score (nSPS) is 24.9. The first-order chi connectivity index (χ1) is 5.04. The van der Waals surface area contributed by atoms with Gasteiger partial charge in [0.05, 0.1) is 0 Å². The van der Waals surface area contributed by atoms with Gasteiger partial charge in [0.15, 0.2) is 0 Å². The molecule has 1 saturated heterocycles. The van der Waals surface area contributed by atoms with E-state index < -0.39 is 11.5 Å². The summed E-state index contributed by atoms with van der Waals surface area (Å²) in [5.41, 5.74) is 4.40. The Morgan fingerprint density at radius 2 is 1.91 bits per heavy atom. The fourth-order valence-electron chi connectivity index (χ4n) is 1.11. The smallest absolute Gasteiger partial charge is 0.323 e. The molecule has 0 saturated carbocycles. The summed E-state index contributed by atoms with van der Waals surface area (Å²) in [5.74, 6) is -0.981. The van der Waals surface area contributed by atoms with Crippen molar-refractivity contribution in [2.24, 2.45) is 5.73 Å². The maximum Gasteiger partial charge on any atom is 0.323 e. The molecule has 1 rings (SSSR count). The predicted octanol–water partition coefficient (Wildman–Crippen LogP) is -0.747. The summed E-state index contributed by atoms with van der Waals surface area (Å²) >= 11 is 0. The zero-order valence-electron chi connectivity index (χ0n) is 6.16. The van der Waals surface area contributed by atoms with Crippen LogP contribution in [-0.2, 0) is 4.79 Å². The van der Waals surface area contributed by atoms with Crippen LogP contribution in [0.5, 0.6) is 0 Å². The van der Waals surface area contributed by atoms with Crippen LogP contribution in [0.3, 0.4) is 0 Å². The topological polar surface area (TPSA) is 86.8 Å².